The lowest BCUT2D eigenvalue weighted by Crippen LogP contribution is -2.44. The van der Waals surface area contributed by atoms with E-state index in [2.05, 4.69) is 11.4 Å². The molecule has 0 aliphatic heterocycles. The van der Waals surface area contributed by atoms with Crippen molar-refractivity contribution in [3.05, 3.63) is 30.3 Å². The van der Waals surface area contributed by atoms with Gasteiger partial charge in [0.05, 0.1) is 12.5 Å². The number of nitrogens with zero attached hydrogens (tertiary/aromatic N) is 2. The molecular weight excluding hydrogens is 214 g/mol. The number of rotatable bonds is 5. The van der Waals surface area contributed by atoms with Crippen LogP contribution in [0.4, 0.5) is 5.69 Å². The van der Waals surface area contributed by atoms with Crippen molar-refractivity contribution in [1.29, 1.82) is 5.26 Å². The molecule has 0 fully saturated rings. The standard InChI is InChI=1S/C13H17N3O/c1-11(13(17)15-2)16(10-6-9-14)12-7-4-3-5-8-12/h3-5,7-8,11H,6,10H2,1-2H3,(H,15,17). The molecule has 1 unspecified atom stereocenters. The van der Waals surface area contributed by atoms with Crippen LogP contribution in [-0.2, 0) is 4.79 Å². The zero-order valence-electron chi connectivity index (χ0n) is 10.2. The van der Waals surface area contributed by atoms with Gasteiger partial charge in [0.15, 0.2) is 0 Å². The third-order valence-corrected chi connectivity index (χ3v) is 2.65. The molecule has 0 aromatic heterocycles. The Balaban J connectivity index is 2.88. The second-order valence-electron chi connectivity index (χ2n) is 3.73. The number of carbonyl (C=O) groups excluding carboxylic acids is 1. The van der Waals surface area contributed by atoms with Gasteiger partial charge in [-0.2, -0.15) is 5.26 Å². The lowest BCUT2D eigenvalue weighted by molar-refractivity contribution is -0.121. The minimum atomic E-state index is -0.282. The largest absolute Gasteiger partial charge is 0.359 e. The van der Waals surface area contributed by atoms with Crippen LogP contribution in [0.1, 0.15) is 13.3 Å². The van der Waals surface area contributed by atoms with Crippen LogP contribution in [0.15, 0.2) is 30.3 Å². The van der Waals surface area contributed by atoms with E-state index < -0.39 is 0 Å². The fourth-order valence-electron chi connectivity index (χ4n) is 1.69. The molecule has 1 amide bonds. The van der Waals surface area contributed by atoms with Crippen molar-refractivity contribution in [1.82, 2.24) is 5.32 Å². The van der Waals surface area contributed by atoms with E-state index in [1.54, 1.807) is 7.05 Å². The minimum absolute atomic E-state index is 0.0493. The van der Waals surface area contributed by atoms with Gasteiger partial charge in [-0.25, -0.2) is 0 Å². The molecule has 0 spiro atoms. The van der Waals surface area contributed by atoms with Crippen molar-refractivity contribution in [2.24, 2.45) is 0 Å². The molecule has 0 radical (unpaired) electrons. The minimum Gasteiger partial charge on any atom is -0.359 e. The first-order valence-electron chi connectivity index (χ1n) is 5.61. The van der Waals surface area contributed by atoms with Crippen LogP contribution in [-0.4, -0.2) is 25.5 Å². The van der Waals surface area contributed by atoms with Crippen LogP contribution in [0.5, 0.6) is 0 Å². The molecule has 0 saturated heterocycles. The van der Waals surface area contributed by atoms with Crippen LogP contribution in [0.3, 0.4) is 0 Å². The van der Waals surface area contributed by atoms with E-state index in [4.69, 9.17) is 5.26 Å². The maximum Gasteiger partial charge on any atom is 0.242 e. The monoisotopic (exact) mass is 231 g/mol. The molecule has 1 atom stereocenters. The number of hydrogen-bond donors (Lipinski definition) is 1. The van der Waals surface area contributed by atoms with Gasteiger partial charge in [-0.1, -0.05) is 18.2 Å². The van der Waals surface area contributed by atoms with Crippen LogP contribution in [0, 0.1) is 11.3 Å². The van der Waals surface area contributed by atoms with Crippen molar-refractivity contribution in [3.8, 4) is 6.07 Å². The average Bonchev–Trinajstić information content (AvgIpc) is 2.39. The van der Waals surface area contributed by atoms with E-state index in [1.807, 2.05) is 42.2 Å². The van der Waals surface area contributed by atoms with Gasteiger partial charge in [0.2, 0.25) is 5.91 Å². The predicted octanol–water partition coefficient (Wildman–Crippen LogP) is 1.54. The van der Waals surface area contributed by atoms with Gasteiger partial charge >= 0.3 is 0 Å². The van der Waals surface area contributed by atoms with Crippen molar-refractivity contribution in [3.63, 3.8) is 0 Å². The Kier molecular flexibility index (Phi) is 5.02. The van der Waals surface area contributed by atoms with E-state index in [0.717, 1.165) is 5.69 Å². The molecule has 1 aromatic carbocycles. The van der Waals surface area contributed by atoms with Gasteiger partial charge in [-0.05, 0) is 19.1 Å². The second kappa shape index (κ2) is 6.54. The number of likely N-dealkylation sites (N-methyl/N-ethyl adjacent to an activating group) is 1. The van der Waals surface area contributed by atoms with Gasteiger partial charge in [0.25, 0.3) is 0 Å². The van der Waals surface area contributed by atoms with Crippen molar-refractivity contribution in [2.75, 3.05) is 18.5 Å². The van der Waals surface area contributed by atoms with Gasteiger partial charge in [-0.3, -0.25) is 4.79 Å². The SMILES string of the molecule is CNC(=O)C(C)N(CCC#N)c1ccccc1. The van der Waals surface area contributed by atoms with Crippen molar-refractivity contribution in [2.45, 2.75) is 19.4 Å². The summed E-state index contributed by atoms with van der Waals surface area (Å²) in [6.07, 6.45) is 0.399. The molecular formula is C13H17N3O. The summed E-state index contributed by atoms with van der Waals surface area (Å²) >= 11 is 0. The highest BCUT2D eigenvalue weighted by molar-refractivity contribution is 5.84. The Labute approximate surface area is 102 Å². The number of anilines is 1. The number of hydrogen-bond acceptors (Lipinski definition) is 3. The van der Waals surface area contributed by atoms with Gasteiger partial charge in [0.1, 0.15) is 6.04 Å². The van der Waals surface area contributed by atoms with Crippen LogP contribution >= 0.6 is 0 Å². The normalized spacial score (nSPS) is 11.4. The molecule has 17 heavy (non-hydrogen) atoms. The highest BCUT2D eigenvalue weighted by atomic mass is 16.2. The van der Waals surface area contributed by atoms with Gasteiger partial charge < -0.3 is 10.2 Å². The molecule has 1 aromatic rings. The molecule has 0 aliphatic rings. The van der Waals surface area contributed by atoms with E-state index in [1.165, 1.54) is 0 Å². The Hall–Kier alpha value is -2.02. The zero-order valence-corrected chi connectivity index (χ0v) is 10.2. The quantitative estimate of drug-likeness (QED) is 0.836. The number of para-hydroxylation sites is 1. The lowest BCUT2D eigenvalue weighted by atomic mass is 10.2. The summed E-state index contributed by atoms with van der Waals surface area (Å²) in [5, 5.41) is 11.3. The summed E-state index contributed by atoms with van der Waals surface area (Å²) in [7, 11) is 1.62. The van der Waals surface area contributed by atoms with Crippen LogP contribution in [0.2, 0.25) is 0 Å². The maximum absolute atomic E-state index is 11.7. The number of nitrogens with one attached hydrogen (secondary N) is 1. The first kappa shape index (κ1) is 13.0. The van der Waals surface area contributed by atoms with E-state index in [0.29, 0.717) is 13.0 Å². The predicted molar refractivity (Wildman–Crippen MR) is 67.5 cm³/mol. The molecule has 90 valence electrons. The van der Waals surface area contributed by atoms with E-state index >= 15 is 0 Å². The molecule has 0 saturated carbocycles. The summed E-state index contributed by atoms with van der Waals surface area (Å²) in [6.45, 7) is 2.39. The van der Waals surface area contributed by atoms with Gasteiger partial charge in [-0.15, -0.1) is 0 Å². The smallest absolute Gasteiger partial charge is 0.242 e. The molecule has 1 N–H and O–H groups in total. The van der Waals surface area contributed by atoms with E-state index in [9.17, 15) is 4.79 Å². The summed E-state index contributed by atoms with van der Waals surface area (Å²) < 4.78 is 0. The van der Waals surface area contributed by atoms with Crippen LogP contribution < -0.4 is 10.2 Å². The maximum atomic E-state index is 11.7. The summed E-state index contributed by atoms with van der Waals surface area (Å²) in [5.74, 6) is -0.0493. The summed E-state index contributed by atoms with van der Waals surface area (Å²) in [6, 6.07) is 11.5. The molecule has 0 heterocycles. The lowest BCUT2D eigenvalue weighted by Gasteiger charge is -2.29. The molecule has 1 rings (SSSR count). The fraction of sp³-hybridized carbons (Fsp3) is 0.385. The number of carbonyl (C=O) groups is 1. The van der Waals surface area contributed by atoms with Crippen LogP contribution in [0.25, 0.3) is 0 Å². The average molecular weight is 231 g/mol. The topological polar surface area (TPSA) is 56.1 Å². The molecule has 4 heteroatoms. The number of amides is 1. The van der Waals surface area contributed by atoms with Crippen molar-refractivity contribution < 1.29 is 4.79 Å². The number of nitriles is 1. The van der Waals surface area contributed by atoms with Gasteiger partial charge in [0, 0.05) is 19.3 Å². The first-order valence-corrected chi connectivity index (χ1v) is 5.61. The molecule has 4 nitrogen and oxygen atoms in total. The zero-order chi connectivity index (χ0) is 12.7. The highest BCUT2D eigenvalue weighted by Crippen LogP contribution is 2.16. The number of benzene rings is 1. The Bertz CT molecular complexity index is 397. The Morgan fingerprint density at radius 3 is 2.65 bits per heavy atom. The Morgan fingerprint density at radius 2 is 2.12 bits per heavy atom. The third kappa shape index (κ3) is 3.49. The molecule has 0 bridgehead atoms. The Morgan fingerprint density at radius 1 is 1.47 bits per heavy atom. The highest BCUT2D eigenvalue weighted by Gasteiger charge is 2.19. The molecule has 0 aliphatic carbocycles. The fourth-order valence-corrected chi connectivity index (χ4v) is 1.69. The summed E-state index contributed by atoms with van der Waals surface area (Å²) in [4.78, 5) is 13.6. The van der Waals surface area contributed by atoms with Crippen molar-refractivity contribution >= 4 is 11.6 Å². The third-order valence-electron chi connectivity index (χ3n) is 2.65. The second-order valence-corrected chi connectivity index (χ2v) is 3.73. The van der Waals surface area contributed by atoms with E-state index in [-0.39, 0.29) is 11.9 Å². The summed E-state index contributed by atoms with van der Waals surface area (Å²) in [5.41, 5.74) is 0.957. The first-order chi connectivity index (χ1) is 8.20.